The van der Waals surface area contributed by atoms with Crippen LogP contribution in [0.15, 0.2) is 47.4 Å². The summed E-state index contributed by atoms with van der Waals surface area (Å²) in [5, 5.41) is 2.75. The predicted molar refractivity (Wildman–Crippen MR) is 86.8 cm³/mol. The van der Waals surface area contributed by atoms with Gasteiger partial charge in [-0.3, -0.25) is 0 Å². The number of hydrogen-bond donors (Lipinski definition) is 1. The Morgan fingerprint density at radius 3 is 2.41 bits per heavy atom. The van der Waals surface area contributed by atoms with Crippen molar-refractivity contribution in [2.24, 2.45) is 0 Å². The third-order valence-electron chi connectivity index (χ3n) is 4.19. The molecule has 146 valence electrons. The lowest BCUT2D eigenvalue weighted by atomic mass is 10.0. The van der Waals surface area contributed by atoms with Crippen LogP contribution in [0.3, 0.4) is 0 Å². The molecule has 1 aliphatic rings. The number of para-hydroxylation sites is 1. The van der Waals surface area contributed by atoms with Gasteiger partial charge in [-0.1, -0.05) is 18.2 Å². The van der Waals surface area contributed by atoms with E-state index in [1.807, 2.05) is 0 Å². The first-order valence-electron chi connectivity index (χ1n) is 7.85. The van der Waals surface area contributed by atoms with E-state index < -0.39 is 44.0 Å². The van der Waals surface area contributed by atoms with Gasteiger partial charge in [0.25, 0.3) is 9.84 Å². The summed E-state index contributed by atoms with van der Waals surface area (Å²) in [5.41, 5.74) is -5.39. The monoisotopic (exact) mass is 407 g/mol. The minimum absolute atomic E-state index is 0.218. The molecule has 0 saturated carbocycles. The van der Waals surface area contributed by atoms with Gasteiger partial charge in [-0.15, -0.1) is 0 Å². The van der Waals surface area contributed by atoms with Gasteiger partial charge in [0.1, 0.15) is 6.10 Å². The maximum Gasteiger partial charge on any atom is 0.501 e. The summed E-state index contributed by atoms with van der Waals surface area (Å²) in [6, 6.07) is 7.18. The molecule has 0 amide bonds. The van der Waals surface area contributed by atoms with E-state index in [0.717, 1.165) is 18.2 Å². The molecule has 1 N–H and O–H groups in total. The highest BCUT2D eigenvalue weighted by atomic mass is 32.2. The number of benzene rings is 2. The molecule has 0 bridgehead atoms. The molecule has 1 fully saturated rings. The lowest BCUT2D eigenvalue weighted by Gasteiger charge is -2.23. The number of nitrogens with one attached hydrogen (secondary N) is 1. The summed E-state index contributed by atoms with van der Waals surface area (Å²) in [6.45, 7) is 0.218. The zero-order chi connectivity index (χ0) is 19.8. The Labute approximate surface area is 151 Å². The normalized spacial score (nSPS) is 20.6. The summed E-state index contributed by atoms with van der Waals surface area (Å²) in [6.07, 6.45) is -0.439. The van der Waals surface area contributed by atoms with Crippen molar-refractivity contribution in [2.45, 2.75) is 29.0 Å². The fourth-order valence-electron chi connectivity index (χ4n) is 2.90. The van der Waals surface area contributed by atoms with E-state index >= 15 is 0 Å². The molecular weight excluding hydrogens is 393 g/mol. The maximum absolute atomic E-state index is 13.5. The molecule has 2 unspecified atom stereocenters. The van der Waals surface area contributed by atoms with E-state index in [2.05, 4.69) is 5.32 Å². The van der Waals surface area contributed by atoms with Gasteiger partial charge in [0.15, 0.2) is 11.6 Å². The third kappa shape index (κ3) is 3.77. The zero-order valence-corrected chi connectivity index (χ0v) is 14.4. The standard InChI is InChI=1S/C17H14F5NO3S/c18-11-6-5-10(9-12(11)19)16-14(7-8-26-16)23-13-3-1-2-4-15(13)27(24,25)17(20,21)22/h1-6,9,14,16,23H,7-8H2. The summed E-state index contributed by atoms with van der Waals surface area (Å²) in [5.74, 6) is -2.12. The van der Waals surface area contributed by atoms with E-state index in [1.54, 1.807) is 0 Å². The van der Waals surface area contributed by atoms with E-state index in [1.165, 1.54) is 24.3 Å². The van der Waals surface area contributed by atoms with E-state index in [9.17, 15) is 30.4 Å². The first-order chi connectivity index (χ1) is 12.6. The third-order valence-corrected chi connectivity index (χ3v) is 5.73. The molecule has 2 aromatic carbocycles. The zero-order valence-electron chi connectivity index (χ0n) is 13.6. The van der Waals surface area contributed by atoms with Crippen molar-refractivity contribution in [3.05, 3.63) is 59.7 Å². The maximum atomic E-state index is 13.5. The first kappa shape index (κ1) is 19.6. The number of alkyl halides is 3. The van der Waals surface area contributed by atoms with Crippen molar-refractivity contribution in [3.63, 3.8) is 0 Å². The Morgan fingerprint density at radius 1 is 1.04 bits per heavy atom. The van der Waals surface area contributed by atoms with Crippen LogP contribution in [-0.4, -0.2) is 26.6 Å². The van der Waals surface area contributed by atoms with Crippen LogP contribution >= 0.6 is 0 Å². The molecule has 27 heavy (non-hydrogen) atoms. The summed E-state index contributed by atoms with van der Waals surface area (Å²) < 4.78 is 94.4. The molecule has 1 aliphatic heterocycles. The number of ether oxygens (including phenoxy) is 1. The van der Waals surface area contributed by atoms with Crippen LogP contribution in [0.5, 0.6) is 0 Å². The van der Waals surface area contributed by atoms with Gasteiger partial charge in [0.05, 0.1) is 16.6 Å². The summed E-state index contributed by atoms with van der Waals surface area (Å²) in [7, 11) is -5.56. The highest BCUT2D eigenvalue weighted by molar-refractivity contribution is 7.92. The average Bonchev–Trinajstić information content (AvgIpc) is 3.05. The van der Waals surface area contributed by atoms with Gasteiger partial charge in [-0.25, -0.2) is 17.2 Å². The van der Waals surface area contributed by atoms with E-state index in [4.69, 9.17) is 4.74 Å². The Balaban J connectivity index is 1.92. The van der Waals surface area contributed by atoms with Crippen LogP contribution in [0.25, 0.3) is 0 Å². The molecule has 3 rings (SSSR count). The van der Waals surface area contributed by atoms with Crippen LogP contribution < -0.4 is 5.32 Å². The topological polar surface area (TPSA) is 55.4 Å². The van der Waals surface area contributed by atoms with Gasteiger partial charge in [-0.2, -0.15) is 13.2 Å². The van der Waals surface area contributed by atoms with Gasteiger partial charge in [-0.05, 0) is 36.2 Å². The van der Waals surface area contributed by atoms with Gasteiger partial charge < -0.3 is 10.1 Å². The molecular formula is C17H14F5NO3S. The van der Waals surface area contributed by atoms with Crippen LogP contribution in [-0.2, 0) is 14.6 Å². The van der Waals surface area contributed by atoms with Crippen molar-refractivity contribution in [2.75, 3.05) is 11.9 Å². The number of hydrogen-bond acceptors (Lipinski definition) is 4. The molecule has 0 aromatic heterocycles. The highest BCUT2D eigenvalue weighted by Crippen LogP contribution is 2.37. The van der Waals surface area contributed by atoms with Crippen LogP contribution in [0.4, 0.5) is 27.6 Å². The van der Waals surface area contributed by atoms with Crippen molar-refractivity contribution < 1.29 is 35.1 Å². The van der Waals surface area contributed by atoms with Gasteiger partial charge in [0.2, 0.25) is 0 Å². The minimum Gasteiger partial charge on any atom is -0.378 e. The fourth-order valence-corrected chi connectivity index (χ4v) is 3.82. The Bertz CT molecular complexity index is 946. The quantitative estimate of drug-likeness (QED) is 0.772. The smallest absolute Gasteiger partial charge is 0.378 e. The van der Waals surface area contributed by atoms with Gasteiger partial charge >= 0.3 is 5.51 Å². The second kappa shape index (κ2) is 7.08. The molecule has 0 radical (unpaired) electrons. The average molecular weight is 407 g/mol. The molecule has 0 aliphatic carbocycles. The van der Waals surface area contributed by atoms with Crippen molar-refractivity contribution in [1.82, 2.24) is 0 Å². The van der Waals surface area contributed by atoms with Crippen LogP contribution in [0, 0.1) is 11.6 Å². The number of anilines is 1. The second-order valence-corrected chi connectivity index (χ2v) is 7.86. The summed E-state index contributed by atoms with van der Waals surface area (Å²) >= 11 is 0. The van der Waals surface area contributed by atoms with Crippen LogP contribution in [0.2, 0.25) is 0 Å². The molecule has 1 heterocycles. The fraction of sp³-hybridized carbons (Fsp3) is 0.294. The molecule has 4 nitrogen and oxygen atoms in total. The Morgan fingerprint density at radius 2 is 1.74 bits per heavy atom. The Hall–Kier alpha value is -2.20. The largest absolute Gasteiger partial charge is 0.501 e. The van der Waals surface area contributed by atoms with E-state index in [-0.39, 0.29) is 12.3 Å². The first-order valence-corrected chi connectivity index (χ1v) is 9.33. The van der Waals surface area contributed by atoms with Crippen molar-refractivity contribution in [1.29, 1.82) is 0 Å². The molecule has 10 heteroatoms. The predicted octanol–water partition coefficient (Wildman–Crippen LogP) is 4.20. The number of rotatable bonds is 4. The lowest BCUT2D eigenvalue weighted by Crippen LogP contribution is -2.27. The van der Waals surface area contributed by atoms with E-state index in [0.29, 0.717) is 12.0 Å². The summed E-state index contributed by atoms with van der Waals surface area (Å²) in [4.78, 5) is -0.909. The van der Waals surface area contributed by atoms with Crippen molar-refractivity contribution >= 4 is 15.5 Å². The lowest BCUT2D eigenvalue weighted by molar-refractivity contribution is -0.0435. The number of halogens is 5. The molecule has 2 aromatic rings. The molecule has 2 atom stereocenters. The second-order valence-electron chi connectivity index (χ2n) is 5.95. The molecule has 1 saturated heterocycles. The van der Waals surface area contributed by atoms with Crippen LogP contribution in [0.1, 0.15) is 18.1 Å². The Kier molecular flexibility index (Phi) is 5.13. The number of sulfone groups is 1. The van der Waals surface area contributed by atoms with Gasteiger partial charge in [0, 0.05) is 6.61 Å². The van der Waals surface area contributed by atoms with Crippen molar-refractivity contribution in [3.8, 4) is 0 Å². The SMILES string of the molecule is O=S(=O)(c1ccccc1NC1CCOC1c1ccc(F)c(F)c1)C(F)(F)F. The molecule has 0 spiro atoms. The minimum atomic E-state index is -5.56. The highest BCUT2D eigenvalue weighted by Gasteiger charge is 2.48.